The summed E-state index contributed by atoms with van der Waals surface area (Å²) in [5, 5.41) is 7.41. The molecule has 0 saturated carbocycles. The van der Waals surface area contributed by atoms with Crippen LogP contribution in [0, 0.1) is 18.2 Å². The van der Waals surface area contributed by atoms with Crippen molar-refractivity contribution in [1.29, 1.82) is 5.41 Å². The zero-order valence-corrected chi connectivity index (χ0v) is 11.0. The van der Waals surface area contributed by atoms with E-state index in [9.17, 15) is 4.39 Å². The van der Waals surface area contributed by atoms with E-state index in [1.807, 2.05) is 6.92 Å². The van der Waals surface area contributed by atoms with Crippen LogP contribution in [0.1, 0.15) is 11.1 Å². The summed E-state index contributed by atoms with van der Waals surface area (Å²) in [6.07, 6.45) is 0. The molecule has 0 unspecified atom stereocenters. The van der Waals surface area contributed by atoms with E-state index in [1.54, 1.807) is 18.2 Å². The van der Waals surface area contributed by atoms with Crippen LogP contribution >= 0.6 is 11.6 Å². The molecule has 98 valence electrons. The van der Waals surface area contributed by atoms with Gasteiger partial charge < -0.3 is 10.5 Å². The van der Waals surface area contributed by atoms with Crippen molar-refractivity contribution in [2.75, 3.05) is 0 Å². The summed E-state index contributed by atoms with van der Waals surface area (Å²) in [6.45, 7) is 1.83. The lowest BCUT2D eigenvalue weighted by molar-refractivity contribution is 0.480. The molecule has 0 spiro atoms. The molecule has 0 aliphatic rings. The van der Waals surface area contributed by atoms with Crippen LogP contribution in [-0.4, -0.2) is 5.84 Å². The third-order valence-electron chi connectivity index (χ3n) is 2.61. The number of aryl methyl sites for hydroxylation is 1. The molecule has 0 heterocycles. The zero-order chi connectivity index (χ0) is 14.0. The van der Waals surface area contributed by atoms with Crippen molar-refractivity contribution < 1.29 is 9.13 Å². The van der Waals surface area contributed by atoms with Crippen LogP contribution in [-0.2, 0) is 0 Å². The number of nitrogens with one attached hydrogen (secondary N) is 1. The molecule has 0 atom stereocenters. The Kier molecular flexibility index (Phi) is 3.71. The largest absolute Gasteiger partial charge is 0.457 e. The molecule has 0 aliphatic carbocycles. The summed E-state index contributed by atoms with van der Waals surface area (Å²) in [4.78, 5) is 0. The molecule has 0 aromatic heterocycles. The van der Waals surface area contributed by atoms with Gasteiger partial charge in [0, 0.05) is 11.6 Å². The van der Waals surface area contributed by atoms with Crippen LogP contribution in [0.25, 0.3) is 0 Å². The van der Waals surface area contributed by atoms with Crippen molar-refractivity contribution in [3.63, 3.8) is 0 Å². The Hall–Kier alpha value is -2.07. The van der Waals surface area contributed by atoms with E-state index in [0.29, 0.717) is 17.1 Å². The van der Waals surface area contributed by atoms with Crippen molar-refractivity contribution >= 4 is 17.4 Å². The van der Waals surface area contributed by atoms with E-state index in [1.165, 1.54) is 18.2 Å². The minimum absolute atomic E-state index is 0.00822. The average Bonchev–Trinajstić information content (AvgIpc) is 2.33. The number of hydrogen-bond donors (Lipinski definition) is 2. The van der Waals surface area contributed by atoms with Gasteiger partial charge in [-0.3, -0.25) is 5.41 Å². The third kappa shape index (κ3) is 3.03. The highest BCUT2D eigenvalue weighted by molar-refractivity contribution is 6.30. The topological polar surface area (TPSA) is 59.1 Å². The average molecular weight is 279 g/mol. The van der Waals surface area contributed by atoms with E-state index >= 15 is 0 Å². The fourth-order valence-corrected chi connectivity index (χ4v) is 1.85. The minimum atomic E-state index is -0.489. The third-order valence-corrected chi connectivity index (χ3v) is 2.90. The maximum absolute atomic E-state index is 13.0. The smallest absolute Gasteiger partial charge is 0.142 e. The van der Waals surface area contributed by atoms with E-state index in [0.717, 1.165) is 5.56 Å². The Balaban J connectivity index is 2.26. The lowest BCUT2D eigenvalue weighted by Crippen LogP contribution is -2.12. The van der Waals surface area contributed by atoms with E-state index in [2.05, 4.69) is 0 Å². The Morgan fingerprint density at radius 3 is 2.42 bits per heavy atom. The number of nitrogens with two attached hydrogens (primary N) is 1. The molecule has 19 heavy (non-hydrogen) atoms. The van der Waals surface area contributed by atoms with Gasteiger partial charge in [-0.2, -0.15) is 0 Å². The van der Waals surface area contributed by atoms with Crippen molar-refractivity contribution in [3.05, 3.63) is 58.4 Å². The zero-order valence-electron chi connectivity index (χ0n) is 10.2. The van der Waals surface area contributed by atoms with E-state index in [4.69, 9.17) is 27.5 Å². The van der Waals surface area contributed by atoms with Gasteiger partial charge in [-0.25, -0.2) is 4.39 Å². The van der Waals surface area contributed by atoms with Gasteiger partial charge in [0.25, 0.3) is 0 Å². The normalized spacial score (nSPS) is 10.3. The van der Waals surface area contributed by atoms with Crippen LogP contribution in [0.2, 0.25) is 5.02 Å². The molecule has 5 heteroatoms. The second-order valence-electron chi connectivity index (χ2n) is 4.07. The predicted octanol–water partition coefficient (Wildman–Crippen LogP) is 3.86. The highest BCUT2D eigenvalue weighted by atomic mass is 35.5. The monoisotopic (exact) mass is 278 g/mol. The minimum Gasteiger partial charge on any atom is -0.457 e. The Bertz CT molecular complexity index is 643. The van der Waals surface area contributed by atoms with Gasteiger partial charge in [0.05, 0.1) is 5.02 Å². The standard InChI is InChI=1S/C14H12ClFN2O/c1-8-6-9(2-4-11(8)14(17)18)19-10-3-5-13(16)12(15)7-10/h2-7H,1H3,(H3,17,18). The first-order chi connectivity index (χ1) is 8.97. The van der Waals surface area contributed by atoms with Gasteiger partial charge in [0.2, 0.25) is 0 Å². The molecule has 3 nitrogen and oxygen atoms in total. The summed E-state index contributed by atoms with van der Waals surface area (Å²) in [6, 6.07) is 9.31. The molecular weight excluding hydrogens is 267 g/mol. The second kappa shape index (κ2) is 5.28. The van der Waals surface area contributed by atoms with Crippen LogP contribution in [0.15, 0.2) is 36.4 Å². The fraction of sp³-hybridized carbons (Fsp3) is 0.0714. The molecule has 3 N–H and O–H groups in total. The van der Waals surface area contributed by atoms with Crippen molar-refractivity contribution in [3.8, 4) is 11.5 Å². The van der Waals surface area contributed by atoms with Gasteiger partial charge in [0.15, 0.2) is 0 Å². The van der Waals surface area contributed by atoms with Crippen LogP contribution in [0.3, 0.4) is 0 Å². The van der Waals surface area contributed by atoms with Gasteiger partial charge >= 0.3 is 0 Å². The number of benzene rings is 2. The summed E-state index contributed by atoms with van der Waals surface area (Å²) in [7, 11) is 0. The number of hydrogen-bond acceptors (Lipinski definition) is 2. The number of ether oxygens (including phenoxy) is 1. The number of rotatable bonds is 3. The molecule has 0 radical (unpaired) electrons. The fourth-order valence-electron chi connectivity index (χ4n) is 1.68. The number of halogens is 2. The highest BCUT2D eigenvalue weighted by Gasteiger charge is 2.06. The van der Waals surface area contributed by atoms with Crippen LogP contribution < -0.4 is 10.5 Å². The van der Waals surface area contributed by atoms with E-state index < -0.39 is 5.82 Å². The Labute approximate surface area is 115 Å². The maximum atomic E-state index is 13.0. The molecule has 0 aliphatic heterocycles. The maximum Gasteiger partial charge on any atom is 0.142 e. The van der Waals surface area contributed by atoms with Gasteiger partial charge in [-0.05, 0) is 42.8 Å². The van der Waals surface area contributed by atoms with Crippen molar-refractivity contribution in [2.45, 2.75) is 6.92 Å². The van der Waals surface area contributed by atoms with Crippen LogP contribution in [0.5, 0.6) is 11.5 Å². The van der Waals surface area contributed by atoms with Gasteiger partial charge in [-0.15, -0.1) is 0 Å². The molecule has 2 aromatic carbocycles. The first-order valence-electron chi connectivity index (χ1n) is 5.55. The molecule has 0 amide bonds. The number of amidine groups is 1. The summed E-state index contributed by atoms with van der Waals surface area (Å²) in [5.41, 5.74) is 6.93. The Morgan fingerprint density at radius 1 is 1.21 bits per heavy atom. The highest BCUT2D eigenvalue weighted by Crippen LogP contribution is 2.27. The summed E-state index contributed by atoms with van der Waals surface area (Å²) >= 11 is 5.68. The van der Waals surface area contributed by atoms with Gasteiger partial charge in [0.1, 0.15) is 23.2 Å². The second-order valence-corrected chi connectivity index (χ2v) is 4.48. The van der Waals surface area contributed by atoms with Crippen molar-refractivity contribution in [2.24, 2.45) is 5.73 Å². The van der Waals surface area contributed by atoms with Crippen LogP contribution in [0.4, 0.5) is 4.39 Å². The molecule has 2 aromatic rings. The molecule has 2 rings (SSSR count). The summed E-state index contributed by atoms with van der Waals surface area (Å²) < 4.78 is 18.6. The van der Waals surface area contributed by atoms with Gasteiger partial charge in [-0.1, -0.05) is 11.6 Å². The first-order valence-corrected chi connectivity index (χ1v) is 5.93. The van der Waals surface area contributed by atoms with Crippen molar-refractivity contribution in [1.82, 2.24) is 0 Å². The Morgan fingerprint density at radius 2 is 1.84 bits per heavy atom. The van der Waals surface area contributed by atoms with E-state index in [-0.39, 0.29) is 10.9 Å². The lowest BCUT2D eigenvalue weighted by atomic mass is 10.1. The molecule has 0 saturated heterocycles. The predicted molar refractivity (Wildman–Crippen MR) is 73.7 cm³/mol. The number of nitrogen functional groups attached to an aromatic ring is 1. The lowest BCUT2D eigenvalue weighted by Gasteiger charge is -2.09. The summed E-state index contributed by atoms with van der Waals surface area (Å²) in [5.74, 6) is 0.539. The molecular formula is C14H12ClFN2O. The molecule has 0 fully saturated rings. The first kappa shape index (κ1) is 13.4. The quantitative estimate of drug-likeness (QED) is 0.661. The molecule has 0 bridgehead atoms. The SMILES string of the molecule is Cc1cc(Oc2ccc(F)c(Cl)c2)ccc1C(=N)N.